The minimum absolute atomic E-state index is 0.0149. The monoisotopic (exact) mass is 846 g/mol. The standard InChI is InChI=1S/C48H80NO9P/c1-6-8-10-12-14-16-18-20-21-22-23-25-27-29-31-33-35-39-47(51)55-43-46(44-57-59(53,54)56-42-41-49(3,4)5)58-48(52)40-36-38-45(50)37-34-32-30-28-26-24-19-17-15-13-11-9-7-2/h8,10,14-17,20-21,23-26,30,32,34,37,45-46,50H,6-7,9,11-13,18-19,22,27-29,31,33,35-36,38-44H2,1-5H3/b10-8-,16-14-,17-15-,21-20-,25-23-,26-24-,32-30-,37-34+/t45-,46+/m0/s1. The van der Waals surface area contributed by atoms with E-state index in [1.165, 1.54) is 19.3 Å². The number of aliphatic hydroxyl groups excluding tert-OH is 1. The third kappa shape index (κ3) is 42.8. The van der Waals surface area contributed by atoms with E-state index >= 15 is 0 Å². The van der Waals surface area contributed by atoms with Crippen LogP contribution in [0.2, 0.25) is 0 Å². The molecule has 0 rings (SSSR count). The van der Waals surface area contributed by atoms with E-state index in [0.717, 1.165) is 70.6 Å². The molecule has 3 atom stereocenters. The number of quaternary nitrogens is 1. The highest BCUT2D eigenvalue weighted by atomic mass is 31.2. The highest BCUT2D eigenvalue weighted by molar-refractivity contribution is 7.45. The first-order valence-electron chi connectivity index (χ1n) is 22.1. The number of hydrogen-bond acceptors (Lipinski definition) is 9. The van der Waals surface area contributed by atoms with Gasteiger partial charge in [-0.25, -0.2) is 0 Å². The van der Waals surface area contributed by atoms with Gasteiger partial charge in [-0.1, -0.05) is 137 Å². The van der Waals surface area contributed by atoms with Gasteiger partial charge in [-0.2, -0.15) is 0 Å². The second kappa shape index (κ2) is 39.1. The van der Waals surface area contributed by atoms with E-state index in [9.17, 15) is 24.2 Å². The van der Waals surface area contributed by atoms with E-state index in [1.807, 2.05) is 33.3 Å². The molecule has 0 aliphatic rings. The fourth-order valence-corrected chi connectivity index (χ4v) is 5.95. The minimum atomic E-state index is -4.69. The van der Waals surface area contributed by atoms with Crippen molar-refractivity contribution in [2.45, 2.75) is 148 Å². The maximum Gasteiger partial charge on any atom is 0.306 e. The lowest BCUT2D eigenvalue weighted by atomic mass is 10.1. The Bertz CT molecular complexity index is 1340. The van der Waals surface area contributed by atoms with Gasteiger partial charge in [0.15, 0.2) is 6.10 Å². The van der Waals surface area contributed by atoms with Gasteiger partial charge < -0.3 is 33.0 Å². The summed E-state index contributed by atoms with van der Waals surface area (Å²) in [6.07, 6.45) is 47.5. The lowest BCUT2D eigenvalue weighted by Gasteiger charge is -2.28. The molecule has 0 amide bonds. The Balaban J connectivity index is 4.62. The Labute approximate surface area is 358 Å². The van der Waals surface area contributed by atoms with Crippen molar-refractivity contribution in [2.24, 2.45) is 0 Å². The molecule has 0 radical (unpaired) electrons. The Morgan fingerprint density at radius 1 is 0.644 bits per heavy atom. The Morgan fingerprint density at radius 2 is 1.19 bits per heavy atom. The van der Waals surface area contributed by atoms with Gasteiger partial charge in [-0.05, 0) is 83.5 Å². The van der Waals surface area contributed by atoms with E-state index in [2.05, 4.69) is 86.8 Å². The number of carbonyl (C=O) groups excluding carboxylic acids is 2. The molecule has 59 heavy (non-hydrogen) atoms. The zero-order chi connectivity index (χ0) is 43.7. The molecule has 0 bridgehead atoms. The van der Waals surface area contributed by atoms with Gasteiger partial charge in [0.25, 0.3) is 7.82 Å². The number of ether oxygens (including phenoxy) is 2. The third-order valence-electron chi connectivity index (χ3n) is 8.69. The number of phosphoric ester groups is 1. The number of likely N-dealkylation sites (N-methyl/N-ethyl adjacent to an activating group) is 1. The number of carbonyl (C=O) groups is 2. The van der Waals surface area contributed by atoms with Crippen molar-refractivity contribution in [1.29, 1.82) is 0 Å². The first-order valence-corrected chi connectivity index (χ1v) is 23.5. The third-order valence-corrected chi connectivity index (χ3v) is 9.66. The number of allylic oxidation sites excluding steroid dienone is 15. The van der Waals surface area contributed by atoms with Crippen LogP contribution in [0.25, 0.3) is 0 Å². The summed E-state index contributed by atoms with van der Waals surface area (Å²) in [7, 11) is 1.01. The fourth-order valence-electron chi connectivity index (χ4n) is 5.22. The summed E-state index contributed by atoms with van der Waals surface area (Å²) >= 11 is 0. The summed E-state index contributed by atoms with van der Waals surface area (Å²) in [5.74, 6) is -1.08. The molecule has 0 aromatic heterocycles. The van der Waals surface area contributed by atoms with Crippen LogP contribution >= 0.6 is 7.82 Å². The number of nitrogens with zero attached hydrogens (tertiary/aromatic N) is 1. The summed E-state index contributed by atoms with van der Waals surface area (Å²) in [5, 5.41) is 10.3. The molecule has 1 unspecified atom stereocenters. The van der Waals surface area contributed by atoms with E-state index in [0.29, 0.717) is 30.3 Å². The van der Waals surface area contributed by atoms with Crippen molar-refractivity contribution in [3.8, 4) is 0 Å². The first-order chi connectivity index (χ1) is 28.4. The zero-order valence-electron chi connectivity index (χ0n) is 37.3. The van der Waals surface area contributed by atoms with Crippen molar-refractivity contribution in [3.05, 3.63) is 97.2 Å². The summed E-state index contributed by atoms with van der Waals surface area (Å²) < 4.78 is 33.7. The minimum Gasteiger partial charge on any atom is -0.756 e. The molecule has 0 aliphatic carbocycles. The molecule has 0 aliphatic heterocycles. The maximum absolute atomic E-state index is 12.7. The van der Waals surface area contributed by atoms with E-state index in [1.54, 1.807) is 12.2 Å². The van der Waals surface area contributed by atoms with Gasteiger partial charge in [-0.3, -0.25) is 14.2 Å². The maximum atomic E-state index is 12.7. The van der Waals surface area contributed by atoms with Crippen LogP contribution in [-0.4, -0.2) is 81.2 Å². The van der Waals surface area contributed by atoms with Gasteiger partial charge >= 0.3 is 11.9 Å². The van der Waals surface area contributed by atoms with Crippen LogP contribution in [0, 0.1) is 0 Å². The van der Waals surface area contributed by atoms with E-state index < -0.39 is 38.6 Å². The highest BCUT2D eigenvalue weighted by Crippen LogP contribution is 2.38. The lowest BCUT2D eigenvalue weighted by Crippen LogP contribution is -2.37. The van der Waals surface area contributed by atoms with Crippen LogP contribution in [0.4, 0.5) is 0 Å². The average Bonchev–Trinajstić information content (AvgIpc) is 3.18. The van der Waals surface area contributed by atoms with Gasteiger partial charge in [0.1, 0.15) is 19.8 Å². The smallest absolute Gasteiger partial charge is 0.306 e. The predicted octanol–water partition coefficient (Wildman–Crippen LogP) is 10.9. The molecule has 0 aromatic rings. The van der Waals surface area contributed by atoms with Gasteiger partial charge in [0, 0.05) is 12.8 Å². The van der Waals surface area contributed by atoms with Crippen molar-refractivity contribution in [3.63, 3.8) is 0 Å². The number of esters is 2. The average molecular weight is 846 g/mol. The molecule has 0 spiro atoms. The molecule has 0 aromatic carbocycles. The SMILES string of the molecule is CC/C=C\C/C=C\C/C=C\C/C=C\CCCCCCC(=O)OC[C@H](COP(=O)([O-])OCC[N+](C)(C)C)OC(=O)CCC[C@@H](O)/C=C/C=C\C/C=C\C/C=C\CCCCC. The fraction of sp³-hybridized carbons (Fsp3) is 0.625. The van der Waals surface area contributed by atoms with Crippen molar-refractivity contribution in [2.75, 3.05) is 47.5 Å². The van der Waals surface area contributed by atoms with Gasteiger partial charge in [-0.15, -0.1) is 0 Å². The summed E-state index contributed by atoms with van der Waals surface area (Å²) in [5.41, 5.74) is 0. The van der Waals surface area contributed by atoms with E-state index in [4.69, 9.17) is 18.5 Å². The summed E-state index contributed by atoms with van der Waals surface area (Å²) in [6, 6.07) is 0. The van der Waals surface area contributed by atoms with Gasteiger partial charge in [0.2, 0.25) is 0 Å². The number of unbranched alkanes of at least 4 members (excludes halogenated alkanes) is 7. The Morgan fingerprint density at radius 3 is 1.78 bits per heavy atom. The molecule has 10 nitrogen and oxygen atoms in total. The molecule has 11 heteroatoms. The Hall–Kier alpha value is -3.11. The molecule has 336 valence electrons. The highest BCUT2D eigenvalue weighted by Gasteiger charge is 2.22. The number of hydrogen-bond donors (Lipinski definition) is 1. The molecule has 0 saturated heterocycles. The second-order valence-electron chi connectivity index (χ2n) is 15.5. The van der Waals surface area contributed by atoms with Crippen LogP contribution in [0.5, 0.6) is 0 Å². The van der Waals surface area contributed by atoms with Crippen LogP contribution in [0.1, 0.15) is 136 Å². The molecular weight excluding hydrogens is 765 g/mol. The molecule has 1 N–H and O–H groups in total. The summed E-state index contributed by atoms with van der Waals surface area (Å²) in [6.45, 7) is 3.80. The van der Waals surface area contributed by atoms with Crippen LogP contribution in [-0.2, 0) is 32.7 Å². The van der Waals surface area contributed by atoms with Gasteiger partial charge in [0.05, 0.1) is 33.9 Å². The van der Waals surface area contributed by atoms with Crippen molar-refractivity contribution in [1.82, 2.24) is 0 Å². The lowest BCUT2D eigenvalue weighted by molar-refractivity contribution is -0.870. The molecular formula is C48H80NO9P. The zero-order valence-corrected chi connectivity index (χ0v) is 38.2. The molecule has 0 heterocycles. The quantitative estimate of drug-likeness (QED) is 0.0161. The van der Waals surface area contributed by atoms with Crippen molar-refractivity contribution < 1.29 is 47.2 Å². The molecule has 0 fully saturated rings. The second-order valence-corrected chi connectivity index (χ2v) is 16.9. The van der Waals surface area contributed by atoms with Crippen LogP contribution < -0.4 is 4.89 Å². The topological polar surface area (TPSA) is 131 Å². The van der Waals surface area contributed by atoms with E-state index in [-0.39, 0.29) is 26.1 Å². The van der Waals surface area contributed by atoms with Crippen LogP contribution in [0.3, 0.4) is 0 Å². The predicted molar refractivity (Wildman–Crippen MR) is 241 cm³/mol. The Kier molecular flexibility index (Phi) is 37.0. The largest absolute Gasteiger partial charge is 0.756 e. The summed E-state index contributed by atoms with van der Waals surface area (Å²) in [4.78, 5) is 37.6. The van der Waals surface area contributed by atoms with Crippen molar-refractivity contribution >= 4 is 19.8 Å². The number of rotatable bonds is 38. The number of aliphatic hydroxyl groups is 1. The van der Waals surface area contributed by atoms with Crippen LogP contribution in [0.15, 0.2) is 97.2 Å². The number of phosphoric acid groups is 1. The normalized spacial score (nSPS) is 15.0. The first kappa shape index (κ1) is 55.9. The molecule has 0 saturated carbocycles.